The number of hydrogen-bond acceptors (Lipinski definition) is 2. The largest absolute Gasteiger partial charge is 0.478 e. The van der Waals surface area contributed by atoms with Crippen LogP contribution in [0.4, 0.5) is 5.69 Å². The van der Waals surface area contributed by atoms with Gasteiger partial charge in [-0.05, 0) is 48.9 Å². The third-order valence-corrected chi connectivity index (χ3v) is 3.28. The van der Waals surface area contributed by atoms with Gasteiger partial charge in [-0.15, -0.1) is 0 Å². The van der Waals surface area contributed by atoms with Crippen molar-refractivity contribution in [2.45, 2.75) is 26.7 Å². The average Bonchev–Trinajstić information content (AvgIpc) is 2.95. The second kappa shape index (κ2) is 3.81. The van der Waals surface area contributed by atoms with E-state index in [1.165, 1.54) is 12.8 Å². The van der Waals surface area contributed by atoms with Crippen LogP contribution in [0.1, 0.15) is 35.7 Å². The highest BCUT2D eigenvalue weighted by molar-refractivity contribution is 5.88. The van der Waals surface area contributed by atoms with Gasteiger partial charge in [0.15, 0.2) is 0 Å². The number of carboxylic acid groups (broad SMARTS) is 1. The Morgan fingerprint density at radius 1 is 1.50 bits per heavy atom. The molecule has 1 fully saturated rings. The highest BCUT2D eigenvalue weighted by Gasteiger charge is 2.36. The van der Waals surface area contributed by atoms with Crippen molar-refractivity contribution >= 4 is 11.7 Å². The quantitative estimate of drug-likeness (QED) is 0.818. The molecule has 0 unspecified atom stereocenters. The third-order valence-electron chi connectivity index (χ3n) is 3.28. The predicted molar refractivity (Wildman–Crippen MR) is 64.0 cm³/mol. The molecule has 1 aliphatic rings. The molecule has 1 saturated carbocycles. The maximum absolute atomic E-state index is 10.8. The lowest BCUT2D eigenvalue weighted by atomic mass is 10.1. The summed E-state index contributed by atoms with van der Waals surface area (Å²) >= 11 is 0. The Bertz CT molecular complexity index is 422. The minimum absolute atomic E-state index is 0.348. The second-order valence-electron chi connectivity index (χ2n) is 5.00. The predicted octanol–water partition coefficient (Wildman–Crippen LogP) is 2.91. The topological polar surface area (TPSA) is 49.3 Å². The second-order valence-corrected chi connectivity index (χ2v) is 5.00. The summed E-state index contributed by atoms with van der Waals surface area (Å²) in [6.45, 7) is 5.17. The van der Waals surface area contributed by atoms with Crippen molar-refractivity contribution in [2.75, 3.05) is 11.9 Å². The van der Waals surface area contributed by atoms with Crippen LogP contribution in [0.2, 0.25) is 0 Å². The van der Waals surface area contributed by atoms with Gasteiger partial charge in [0.25, 0.3) is 0 Å². The Balaban J connectivity index is 2.07. The highest BCUT2D eigenvalue weighted by Crippen LogP contribution is 2.44. The van der Waals surface area contributed by atoms with E-state index >= 15 is 0 Å². The van der Waals surface area contributed by atoms with Gasteiger partial charge in [0.05, 0.1) is 5.56 Å². The summed E-state index contributed by atoms with van der Waals surface area (Å²) < 4.78 is 0. The monoisotopic (exact) mass is 219 g/mol. The molecular formula is C13H17NO2. The van der Waals surface area contributed by atoms with E-state index in [0.717, 1.165) is 17.8 Å². The summed E-state index contributed by atoms with van der Waals surface area (Å²) in [5, 5.41) is 12.2. The molecule has 16 heavy (non-hydrogen) atoms. The zero-order chi connectivity index (χ0) is 11.8. The minimum atomic E-state index is -0.871. The summed E-state index contributed by atoms with van der Waals surface area (Å²) in [6.07, 6.45) is 2.57. The van der Waals surface area contributed by atoms with Gasteiger partial charge in [-0.2, -0.15) is 0 Å². The number of anilines is 1. The molecule has 0 atom stereocenters. The first-order valence-electron chi connectivity index (χ1n) is 5.58. The van der Waals surface area contributed by atoms with Crippen LogP contribution >= 0.6 is 0 Å². The van der Waals surface area contributed by atoms with Crippen molar-refractivity contribution in [1.82, 2.24) is 0 Å². The molecule has 1 aliphatic carbocycles. The molecule has 86 valence electrons. The molecule has 2 rings (SSSR count). The SMILES string of the molecule is Cc1cc(C(=O)O)ccc1NCC1(C)CC1. The molecule has 0 aliphatic heterocycles. The molecule has 3 nitrogen and oxygen atoms in total. The minimum Gasteiger partial charge on any atom is -0.478 e. The standard InChI is InChI=1S/C13H17NO2/c1-9-7-10(12(15)16)3-4-11(9)14-8-13(2)5-6-13/h3-4,7,14H,5-6,8H2,1-2H3,(H,15,16). The normalized spacial score (nSPS) is 16.9. The smallest absolute Gasteiger partial charge is 0.335 e. The lowest BCUT2D eigenvalue weighted by Crippen LogP contribution is -2.12. The number of nitrogens with one attached hydrogen (secondary N) is 1. The highest BCUT2D eigenvalue weighted by atomic mass is 16.4. The average molecular weight is 219 g/mol. The number of aromatic carboxylic acids is 1. The van der Waals surface area contributed by atoms with Gasteiger partial charge in [-0.1, -0.05) is 6.92 Å². The van der Waals surface area contributed by atoms with E-state index in [2.05, 4.69) is 12.2 Å². The number of rotatable bonds is 4. The van der Waals surface area contributed by atoms with Gasteiger partial charge < -0.3 is 10.4 Å². The van der Waals surface area contributed by atoms with Crippen molar-refractivity contribution in [3.8, 4) is 0 Å². The first-order valence-corrected chi connectivity index (χ1v) is 5.58. The summed E-state index contributed by atoms with van der Waals surface area (Å²) in [5.41, 5.74) is 2.83. The van der Waals surface area contributed by atoms with Crippen molar-refractivity contribution in [2.24, 2.45) is 5.41 Å². The van der Waals surface area contributed by atoms with Crippen LogP contribution in [-0.4, -0.2) is 17.6 Å². The van der Waals surface area contributed by atoms with Gasteiger partial charge in [0.1, 0.15) is 0 Å². The van der Waals surface area contributed by atoms with E-state index in [1.54, 1.807) is 12.1 Å². The van der Waals surface area contributed by atoms with Crippen LogP contribution in [0.5, 0.6) is 0 Å². The molecule has 1 aromatic rings. The van der Waals surface area contributed by atoms with Gasteiger partial charge in [-0.3, -0.25) is 0 Å². The fourth-order valence-electron chi connectivity index (χ4n) is 1.69. The first-order chi connectivity index (χ1) is 7.50. The molecule has 0 radical (unpaired) electrons. The summed E-state index contributed by atoms with van der Waals surface area (Å²) in [7, 11) is 0. The number of hydrogen-bond donors (Lipinski definition) is 2. The van der Waals surface area contributed by atoms with Crippen LogP contribution in [0.25, 0.3) is 0 Å². The zero-order valence-electron chi connectivity index (χ0n) is 9.71. The molecule has 0 amide bonds. The maximum Gasteiger partial charge on any atom is 0.335 e. The molecular weight excluding hydrogens is 202 g/mol. The summed E-state index contributed by atoms with van der Waals surface area (Å²) in [4.78, 5) is 10.8. The molecule has 0 bridgehead atoms. The zero-order valence-corrected chi connectivity index (χ0v) is 9.71. The van der Waals surface area contributed by atoms with E-state index < -0.39 is 5.97 Å². The molecule has 0 spiro atoms. The Hall–Kier alpha value is -1.51. The van der Waals surface area contributed by atoms with Crippen molar-refractivity contribution in [3.63, 3.8) is 0 Å². The molecule has 0 saturated heterocycles. The Labute approximate surface area is 95.5 Å². The Morgan fingerprint density at radius 2 is 2.19 bits per heavy atom. The number of carbonyl (C=O) groups is 1. The van der Waals surface area contributed by atoms with Crippen LogP contribution in [0.3, 0.4) is 0 Å². The van der Waals surface area contributed by atoms with Crippen molar-refractivity contribution in [3.05, 3.63) is 29.3 Å². The third kappa shape index (κ3) is 2.35. The first kappa shape index (κ1) is 11.0. The number of benzene rings is 1. The molecule has 0 aromatic heterocycles. The van der Waals surface area contributed by atoms with Gasteiger partial charge >= 0.3 is 5.97 Å². The summed E-state index contributed by atoms with van der Waals surface area (Å²) in [6, 6.07) is 5.21. The Morgan fingerprint density at radius 3 is 2.69 bits per heavy atom. The lowest BCUT2D eigenvalue weighted by molar-refractivity contribution is 0.0697. The van der Waals surface area contributed by atoms with Crippen molar-refractivity contribution < 1.29 is 9.90 Å². The van der Waals surface area contributed by atoms with E-state index in [9.17, 15) is 4.79 Å². The van der Waals surface area contributed by atoms with Gasteiger partial charge in [0.2, 0.25) is 0 Å². The van der Waals surface area contributed by atoms with Gasteiger partial charge in [0, 0.05) is 12.2 Å². The van der Waals surface area contributed by atoms with E-state index in [-0.39, 0.29) is 0 Å². The summed E-state index contributed by atoms with van der Waals surface area (Å²) in [5.74, 6) is -0.871. The molecule has 3 heteroatoms. The van der Waals surface area contributed by atoms with Gasteiger partial charge in [-0.25, -0.2) is 4.79 Å². The molecule has 2 N–H and O–H groups in total. The van der Waals surface area contributed by atoms with Crippen LogP contribution < -0.4 is 5.32 Å². The fraction of sp³-hybridized carbons (Fsp3) is 0.462. The van der Waals surface area contributed by atoms with E-state index in [4.69, 9.17) is 5.11 Å². The van der Waals surface area contributed by atoms with Crippen LogP contribution in [0.15, 0.2) is 18.2 Å². The van der Waals surface area contributed by atoms with Crippen LogP contribution in [0, 0.1) is 12.3 Å². The number of aryl methyl sites for hydroxylation is 1. The van der Waals surface area contributed by atoms with Crippen molar-refractivity contribution in [1.29, 1.82) is 0 Å². The fourth-order valence-corrected chi connectivity index (χ4v) is 1.69. The van der Waals surface area contributed by atoms with E-state index in [1.807, 2.05) is 13.0 Å². The van der Waals surface area contributed by atoms with E-state index in [0.29, 0.717) is 11.0 Å². The number of carboxylic acids is 1. The molecule has 0 heterocycles. The molecule has 1 aromatic carbocycles. The lowest BCUT2D eigenvalue weighted by Gasteiger charge is -2.13. The van der Waals surface area contributed by atoms with Crippen LogP contribution in [-0.2, 0) is 0 Å². The Kier molecular flexibility index (Phi) is 2.62. The maximum atomic E-state index is 10.8.